The molecule has 0 aliphatic carbocycles. The molecule has 2 aromatic carbocycles. The number of fused-ring (bicyclic) bond motifs is 1. The van der Waals surface area contributed by atoms with Crippen LogP contribution in [0.5, 0.6) is 0 Å². The van der Waals surface area contributed by atoms with Gasteiger partial charge in [0.2, 0.25) is 0 Å². The van der Waals surface area contributed by atoms with Gasteiger partial charge >= 0.3 is 0 Å². The third-order valence-electron chi connectivity index (χ3n) is 5.05. The average molecular weight is 396 g/mol. The van der Waals surface area contributed by atoms with Crippen LogP contribution in [0.3, 0.4) is 0 Å². The Kier molecular flexibility index (Phi) is 5.86. The van der Waals surface area contributed by atoms with E-state index in [1.165, 1.54) is 5.56 Å². The van der Waals surface area contributed by atoms with Crippen molar-refractivity contribution in [2.45, 2.75) is 6.04 Å². The summed E-state index contributed by atoms with van der Waals surface area (Å²) in [7, 11) is 0. The lowest BCUT2D eigenvalue weighted by Gasteiger charge is -2.34. The van der Waals surface area contributed by atoms with Crippen LogP contribution in [0.2, 0.25) is 5.15 Å². The quantitative estimate of drug-likeness (QED) is 0.669. The van der Waals surface area contributed by atoms with Crippen LogP contribution in [0.25, 0.3) is 10.8 Å². The highest BCUT2D eigenvalue weighted by Crippen LogP contribution is 2.23. The summed E-state index contributed by atoms with van der Waals surface area (Å²) >= 11 is 6.27. The van der Waals surface area contributed by atoms with E-state index in [-0.39, 0.29) is 11.9 Å². The third kappa shape index (κ3) is 4.17. The number of aromatic nitrogens is 1. The Balaban J connectivity index is 1.52. The molecule has 144 valence electrons. The summed E-state index contributed by atoms with van der Waals surface area (Å²) in [6, 6.07) is 19.8. The number of pyridine rings is 1. The first-order valence-corrected chi connectivity index (χ1v) is 9.80. The summed E-state index contributed by atoms with van der Waals surface area (Å²) in [5.41, 5.74) is 1.51. The Morgan fingerprint density at radius 3 is 2.61 bits per heavy atom. The van der Waals surface area contributed by atoms with Gasteiger partial charge in [0.05, 0.1) is 19.3 Å². The summed E-state index contributed by atoms with van der Waals surface area (Å²) in [4.78, 5) is 19.4. The van der Waals surface area contributed by atoms with Crippen LogP contribution in [-0.2, 0) is 4.74 Å². The van der Waals surface area contributed by atoms with Crippen molar-refractivity contribution >= 4 is 28.3 Å². The van der Waals surface area contributed by atoms with Gasteiger partial charge in [0.1, 0.15) is 10.8 Å². The molecule has 0 radical (unpaired) electrons. The number of rotatable bonds is 5. The number of ether oxygens (including phenoxy) is 1. The zero-order valence-corrected chi connectivity index (χ0v) is 16.2. The van der Waals surface area contributed by atoms with Crippen molar-refractivity contribution in [2.24, 2.45) is 0 Å². The Labute approximate surface area is 169 Å². The molecule has 6 heteroatoms. The number of nitrogens with zero attached hydrogens (tertiary/aromatic N) is 2. The van der Waals surface area contributed by atoms with Crippen molar-refractivity contribution in [1.29, 1.82) is 0 Å². The molecule has 0 saturated carbocycles. The molecule has 28 heavy (non-hydrogen) atoms. The minimum atomic E-state index is -0.221. The fraction of sp³-hybridized carbons (Fsp3) is 0.273. The molecule has 2 heterocycles. The lowest BCUT2D eigenvalue weighted by atomic mass is 10.0. The van der Waals surface area contributed by atoms with Gasteiger partial charge in [-0.15, -0.1) is 0 Å². The molecule has 1 amide bonds. The highest BCUT2D eigenvalue weighted by atomic mass is 35.5. The molecule has 5 nitrogen and oxygen atoms in total. The Bertz CT molecular complexity index is 958. The Morgan fingerprint density at radius 2 is 1.82 bits per heavy atom. The van der Waals surface area contributed by atoms with E-state index in [9.17, 15) is 4.79 Å². The number of nitrogens with one attached hydrogen (secondary N) is 1. The highest BCUT2D eigenvalue weighted by molar-refractivity contribution is 6.34. The lowest BCUT2D eigenvalue weighted by Crippen LogP contribution is -2.43. The van der Waals surface area contributed by atoms with E-state index < -0.39 is 0 Å². The number of carbonyl (C=O) groups is 1. The molecule has 1 saturated heterocycles. The molecule has 1 N–H and O–H groups in total. The molecule has 4 rings (SSSR count). The fourth-order valence-corrected chi connectivity index (χ4v) is 3.84. The molecule has 1 aliphatic heterocycles. The zero-order valence-electron chi connectivity index (χ0n) is 15.5. The van der Waals surface area contributed by atoms with Gasteiger partial charge in [-0.25, -0.2) is 4.98 Å². The number of amides is 1. The molecule has 0 spiro atoms. The van der Waals surface area contributed by atoms with Crippen molar-refractivity contribution in [3.63, 3.8) is 0 Å². The van der Waals surface area contributed by atoms with Gasteiger partial charge in [0.25, 0.3) is 5.91 Å². The first kappa shape index (κ1) is 18.9. The predicted octanol–water partition coefficient (Wildman–Crippen LogP) is 3.69. The lowest BCUT2D eigenvalue weighted by molar-refractivity contribution is 0.0162. The smallest absolute Gasteiger partial charge is 0.270 e. The van der Waals surface area contributed by atoms with E-state index in [0.29, 0.717) is 30.6 Å². The zero-order chi connectivity index (χ0) is 19.3. The summed E-state index contributed by atoms with van der Waals surface area (Å²) in [5, 5.41) is 5.13. The molecular weight excluding hydrogens is 374 g/mol. The third-order valence-corrected chi connectivity index (χ3v) is 5.34. The van der Waals surface area contributed by atoms with Crippen LogP contribution in [0.4, 0.5) is 0 Å². The van der Waals surface area contributed by atoms with Gasteiger partial charge in [0, 0.05) is 25.0 Å². The Hall–Kier alpha value is -2.47. The summed E-state index contributed by atoms with van der Waals surface area (Å²) in [5.74, 6) is -0.221. The van der Waals surface area contributed by atoms with Crippen molar-refractivity contribution in [3.05, 3.63) is 77.1 Å². The van der Waals surface area contributed by atoms with Crippen LogP contribution in [0.1, 0.15) is 22.1 Å². The maximum absolute atomic E-state index is 12.8. The highest BCUT2D eigenvalue weighted by Gasteiger charge is 2.23. The second-order valence-electron chi connectivity index (χ2n) is 6.80. The SMILES string of the molecule is O=C(NCC(c1ccccc1)N1CCOCC1)c1cc2ccccc2c(Cl)n1. The number of hydrogen-bond donors (Lipinski definition) is 1. The normalized spacial score (nSPS) is 16.0. The second kappa shape index (κ2) is 8.69. The van der Waals surface area contributed by atoms with Gasteiger partial charge in [-0.05, 0) is 17.0 Å². The standard InChI is InChI=1S/C22H22ClN3O2/c23-21-18-9-5-4-8-17(18)14-19(25-21)22(27)24-15-20(16-6-2-1-3-7-16)26-10-12-28-13-11-26/h1-9,14,20H,10-13,15H2,(H,24,27). The monoisotopic (exact) mass is 395 g/mol. The van der Waals surface area contributed by atoms with Gasteiger partial charge in [-0.3, -0.25) is 9.69 Å². The molecule has 1 fully saturated rings. The molecular formula is C22H22ClN3O2. The van der Waals surface area contributed by atoms with E-state index >= 15 is 0 Å². The number of halogens is 1. The summed E-state index contributed by atoms with van der Waals surface area (Å²) in [6.07, 6.45) is 0. The van der Waals surface area contributed by atoms with E-state index in [0.717, 1.165) is 23.9 Å². The predicted molar refractivity (Wildman–Crippen MR) is 111 cm³/mol. The van der Waals surface area contributed by atoms with Crippen molar-refractivity contribution < 1.29 is 9.53 Å². The second-order valence-corrected chi connectivity index (χ2v) is 7.16. The van der Waals surface area contributed by atoms with Crippen molar-refractivity contribution in [1.82, 2.24) is 15.2 Å². The fourth-order valence-electron chi connectivity index (χ4n) is 3.57. The number of benzene rings is 2. The largest absolute Gasteiger partial charge is 0.379 e. The first-order chi connectivity index (χ1) is 13.7. The topological polar surface area (TPSA) is 54.5 Å². The van der Waals surface area contributed by atoms with Crippen LogP contribution < -0.4 is 5.32 Å². The van der Waals surface area contributed by atoms with Crippen molar-refractivity contribution in [2.75, 3.05) is 32.8 Å². The van der Waals surface area contributed by atoms with Gasteiger partial charge < -0.3 is 10.1 Å². The molecule has 1 atom stereocenters. The van der Waals surface area contributed by atoms with Gasteiger partial charge in [-0.1, -0.05) is 66.2 Å². The first-order valence-electron chi connectivity index (χ1n) is 9.42. The molecule has 0 bridgehead atoms. The van der Waals surface area contributed by atoms with E-state index in [2.05, 4.69) is 27.3 Å². The van der Waals surface area contributed by atoms with E-state index in [1.807, 2.05) is 42.5 Å². The minimum absolute atomic E-state index is 0.0879. The van der Waals surface area contributed by atoms with Crippen LogP contribution in [0, 0.1) is 0 Å². The van der Waals surface area contributed by atoms with E-state index in [4.69, 9.17) is 16.3 Å². The van der Waals surface area contributed by atoms with E-state index in [1.54, 1.807) is 6.07 Å². The van der Waals surface area contributed by atoms with Crippen LogP contribution in [-0.4, -0.2) is 48.6 Å². The van der Waals surface area contributed by atoms with Crippen molar-refractivity contribution in [3.8, 4) is 0 Å². The average Bonchev–Trinajstić information content (AvgIpc) is 2.75. The Morgan fingerprint density at radius 1 is 1.11 bits per heavy atom. The molecule has 1 aliphatic rings. The maximum Gasteiger partial charge on any atom is 0.270 e. The number of morpholine rings is 1. The molecule has 3 aromatic rings. The summed E-state index contributed by atoms with van der Waals surface area (Å²) < 4.78 is 5.48. The molecule has 1 unspecified atom stereocenters. The molecule has 1 aromatic heterocycles. The van der Waals surface area contributed by atoms with Gasteiger partial charge in [0.15, 0.2) is 0 Å². The number of carbonyl (C=O) groups excluding carboxylic acids is 1. The van der Waals surface area contributed by atoms with Gasteiger partial charge in [-0.2, -0.15) is 0 Å². The summed E-state index contributed by atoms with van der Waals surface area (Å²) in [6.45, 7) is 3.60. The number of hydrogen-bond acceptors (Lipinski definition) is 4. The van der Waals surface area contributed by atoms with Crippen LogP contribution >= 0.6 is 11.6 Å². The maximum atomic E-state index is 12.8. The minimum Gasteiger partial charge on any atom is -0.379 e. The van der Waals surface area contributed by atoms with Crippen LogP contribution in [0.15, 0.2) is 60.7 Å².